The van der Waals surface area contributed by atoms with Crippen molar-refractivity contribution < 1.29 is 19.2 Å². The van der Waals surface area contributed by atoms with E-state index < -0.39 is 0 Å². The molecule has 2 heterocycles. The first-order chi connectivity index (χ1) is 18.9. The van der Waals surface area contributed by atoms with Gasteiger partial charge in [0.25, 0.3) is 5.91 Å². The van der Waals surface area contributed by atoms with Crippen LogP contribution in [0.15, 0.2) is 47.8 Å². The van der Waals surface area contributed by atoms with Crippen molar-refractivity contribution in [2.24, 2.45) is 0 Å². The summed E-state index contributed by atoms with van der Waals surface area (Å²) in [5, 5.41) is 17.3. The van der Waals surface area contributed by atoms with Crippen LogP contribution in [0, 0.1) is 0 Å². The average Bonchev–Trinajstić information content (AvgIpc) is 3.56. The number of nitrogens with one attached hydrogen (secondary N) is 5. The van der Waals surface area contributed by atoms with Gasteiger partial charge < -0.3 is 26.6 Å². The van der Waals surface area contributed by atoms with E-state index in [2.05, 4.69) is 31.6 Å². The quantitative estimate of drug-likeness (QED) is 0.200. The summed E-state index contributed by atoms with van der Waals surface area (Å²) in [6.07, 6.45) is 1.50. The molecule has 0 saturated carbocycles. The molecule has 0 atom stereocenters. The third-order valence-electron chi connectivity index (χ3n) is 6.00. The van der Waals surface area contributed by atoms with E-state index in [0.29, 0.717) is 53.9 Å². The van der Waals surface area contributed by atoms with E-state index in [1.165, 1.54) is 11.3 Å². The average molecular weight is 569 g/mol. The smallest absolute Gasteiger partial charge is 0.251 e. The fourth-order valence-corrected chi connectivity index (χ4v) is 4.91. The number of aromatic nitrogens is 1. The van der Waals surface area contributed by atoms with Gasteiger partial charge in [-0.1, -0.05) is 35.9 Å². The summed E-state index contributed by atoms with van der Waals surface area (Å²) < 4.78 is 0. The van der Waals surface area contributed by atoms with E-state index >= 15 is 0 Å². The fourth-order valence-electron chi connectivity index (χ4n) is 3.97. The molecule has 2 aromatic carbocycles. The number of nitrogens with zero attached hydrogens (tertiary/aromatic N) is 1. The van der Waals surface area contributed by atoms with Crippen molar-refractivity contribution in [1.29, 1.82) is 0 Å². The minimum atomic E-state index is -0.285. The molecular formula is C27H29ClN6O4S. The van der Waals surface area contributed by atoms with E-state index in [4.69, 9.17) is 11.6 Å². The Kier molecular flexibility index (Phi) is 9.87. The molecule has 12 heteroatoms. The molecule has 3 aromatic rings. The van der Waals surface area contributed by atoms with Crippen LogP contribution >= 0.6 is 22.9 Å². The molecule has 10 nitrogen and oxygen atoms in total. The first kappa shape index (κ1) is 28.1. The highest BCUT2D eigenvalue weighted by molar-refractivity contribution is 7.14. The van der Waals surface area contributed by atoms with Crippen molar-refractivity contribution in [3.8, 4) is 11.3 Å². The monoisotopic (exact) mass is 568 g/mol. The molecule has 0 aliphatic carbocycles. The summed E-state index contributed by atoms with van der Waals surface area (Å²) in [5.41, 5.74) is 3.50. The number of rotatable bonds is 13. The lowest BCUT2D eigenvalue weighted by molar-refractivity contribution is -0.124. The minimum absolute atomic E-state index is 0.0406. The zero-order valence-corrected chi connectivity index (χ0v) is 22.7. The molecule has 0 bridgehead atoms. The molecule has 4 amide bonds. The lowest BCUT2D eigenvalue weighted by atomic mass is 10.1. The first-order valence-electron chi connectivity index (χ1n) is 12.6. The Hall–Kier alpha value is -3.96. The van der Waals surface area contributed by atoms with Crippen LogP contribution in [0.3, 0.4) is 0 Å². The lowest BCUT2D eigenvalue weighted by Gasteiger charge is -2.09. The van der Waals surface area contributed by atoms with Gasteiger partial charge >= 0.3 is 0 Å². The zero-order chi connectivity index (χ0) is 27.6. The summed E-state index contributed by atoms with van der Waals surface area (Å²) in [6.45, 7) is 1.42. The van der Waals surface area contributed by atoms with Crippen molar-refractivity contribution in [2.75, 3.05) is 30.3 Å². The van der Waals surface area contributed by atoms with Crippen molar-refractivity contribution in [1.82, 2.24) is 20.9 Å². The number of hydrogen-bond acceptors (Lipinski definition) is 7. The maximum atomic E-state index is 12.3. The van der Waals surface area contributed by atoms with Gasteiger partial charge in [-0.15, -0.1) is 11.3 Å². The van der Waals surface area contributed by atoms with Gasteiger partial charge in [-0.3, -0.25) is 19.2 Å². The van der Waals surface area contributed by atoms with Gasteiger partial charge in [0.2, 0.25) is 17.7 Å². The van der Waals surface area contributed by atoms with Crippen molar-refractivity contribution in [2.45, 2.75) is 32.2 Å². The van der Waals surface area contributed by atoms with Gasteiger partial charge in [0, 0.05) is 65.3 Å². The molecule has 1 aromatic heterocycles. The van der Waals surface area contributed by atoms with Crippen LogP contribution in [-0.2, 0) is 20.9 Å². The number of unbranched alkanes of at least 4 members (excludes halogenated alkanes) is 1. The highest BCUT2D eigenvalue weighted by Crippen LogP contribution is 2.30. The normalized spacial score (nSPS) is 11.9. The van der Waals surface area contributed by atoms with Crippen LogP contribution in [0.2, 0.25) is 5.02 Å². The second kappa shape index (κ2) is 13.7. The Morgan fingerprint density at radius 1 is 0.923 bits per heavy atom. The second-order valence-electron chi connectivity index (χ2n) is 8.84. The van der Waals surface area contributed by atoms with Crippen molar-refractivity contribution >= 4 is 57.4 Å². The summed E-state index contributed by atoms with van der Waals surface area (Å²) in [4.78, 5) is 52.6. The van der Waals surface area contributed by atoms with Crippen LogP contribution in [0.5, 0.6) is 0 Å². The van der Waals surface area contributed by atoms with Crippen LogP contribution in [0.1, 0.15) is 41.6 Å². The molecule has 4 rings (SSSR count). The number of carbonyl (C=O) groups is 4. The standard InChI is InChI=1S/C27H29ClN6O4S/c28-20-8-2-1-6-18(20)22-16-39-27(34-22)32-15-25(37)30-13-4-3-12-29-23(35)10-11-24(36)33-21-9-5-7-17-19(21)14-31-26(17)38/h1-2,5-9,16H,3-4,10-15H2,(H,29,35)(H,30,37)(H,31,38)(H,32,34)(H,33,36). The third-order valence-corrected chi connectivity index (χ3v) is 7.13. The lowest BCUT2D eigenvalue weighted by Crippen LogP contribution is -2.31. The van der Waals surface area contributed by atoms with Crippen molar-refractivity contribution in [3.05, 3.63) is 64.0 Å². The maximum absolute atomic E-state index is 12.3. The van der Waals surface area contributed by atoms with Gasteiger partial charge in [0.15, 0.2) is 5.13 Å². The first-order valence-corrected chi connectivity index (χ1v) is 13.8. The largest absolute Gasteiger partial charge is 0.356 e. The second-order valence-corrected chi connectivity index (χ2v) is 10.1. The summed E-state index contributed by atoms with van der Waals surface area (Å²) in [5.74, 6) is -0.806. The number of anilines is 2. The number of thiazole rings is 1. The molecule has 0 spiro atoms. The molecule has 0 unspecified atom stereocenters. The maximum Gasteiger partial charge on any atom is 0.251 e. The van der Waals surface area contributed by atoms with Crippen LogP contribution < -0.4 is 26.6 Å². The highest BCUT2D eigenvalue weighted by atomic mass is 35.5. The van der Waals surface area contributed by atoms with E-state index in [1.807, 2.05) is 29.6 Å². The number of halogens is 1. The number of hydrogen-bond donors (Lipinski definition) is 5. The van der Waals surface area contributed by atoms with Crippen molar-refractivity contribution in [3.63, 3.8) is 0 Å². The van der Waals surface area contributed by atoms with E-state index in [0.717, 1.165) is 16.8 Å². The van der Waals surface area contributed by atoms with Gasteiger partial charge in [-0.2, -0.15) is 0 Å². The van der Waals surface area contributed by atoms with E-state index in [9.17, 15) is 19.2 Å². The van der Waals surface area contributed by atoms with Gasteiger partial charge in [-0.25, -0.2) is 4.98 Å². The van der Waals surface area contributed by atoms with Gasteiger partial charge in [0.1, 0.15) is 0 Å². The Balaban J connectivity index is 1.04. The Bertz CT molecular complexity index is 1360. The predicted molar refractivity (Wildman–Crippen MR) is 152 cm³/mol. The highest BCUT2D eigenvalue weighted by Gasteiger charge is 2.22. The third kappa shape index (κ3) is 8.01. The number of amides is 4. The van der Waals surface area contributed by atoms with Crippen LogP contribution in [-0.4, -0.2) is 48.2 Å². The van der Waals surface area contributed by atoms with Gasteiger partial charge in [-0.05, 0) is 31.0 Å². The van der Waals surface area contributed by atoms with Crippen LogP contribution in [0.25, 0.3) is 11.3 Å². The predicted octanol–water partition coefficient (Wildman–Crippen LogP) is 3.55. The topological polar surface area (TPSA) is 141 Å². The number of fused-ring (bicyclic) bond motifs is 1. The zero-order valence-electron chi connectivity index (χ0n) is 21.1. The molecular weight excluding hydrogens is 540 g/mol. The SMILES string of the molecule is O=C(CCC(=O)Nc1cccc2c1CNC2=O)NCCCCNC(=O)CNc1nc(-c2ccccc2Cl)cs1. The summed E-state index contributed by atoms with van der Waals surface area (Å²) in [6, 6.07) is 12.6. The molecule has 39 heavy (non-hydrogen) atoms. The Labute approximate surface area is 234 Å². The minimum Gasteiger partial charge on any atom is -0.356 e. The molecule has 204 valence electrons. The number of carbonyl (C=O) groups excluding carboxylic acids is 4. The molecule has 1 aliphatic heterocycles. The molecule has 0 radical (unpaired) electrons. The molecule has 0 saturated heterocycles. The Morgan fingerprint density at radius 3 is 2.44 bits per heavy atom. The summed E-state index contributed by atoms with van der Waals surface area (Å²) >= 11 is 7.61. The summed E-state index contributed by atoms with van der Waals surface area (Å²) in [7, 11) is 0. The van der Waals surface area contributed by atoms with Gasteiger partial charge in [0.05, 0.1) is 12.2 Å². The number of benzene rings is 2. The Morgan fingerprint density at radius 2 is 1.64 bits per heavy atom. The van der Waals surface area contributed by atoms with Crippen LogP contribution in [0.4, 0.5) is 10.8 Å². The molecule has 1 aliphatic rings. The van der Waals surface area contributed by atoms with E-state index in [-0.39, 0.29) is 43.0 Å². The molecule has 5 N–H and O–H groups in total. The fraction of sp³-hybridized carbons (Fsp3) is 0.296. The van der Waals surface area contributed by atoms with E-state index in [1.54, 1.807) is 18.2 Å². The molecule has 0 fully saturated rings.